The molecule has 5 nitrogen and oxygen atoms in total. The number of aryl methyl sites for hydroxylation is 1. The van der Waals surface area contributed by atoms with Crippen LogP contribution in [0.15, 0.2) is 12.3 Å². The summed E-state index contributed by atoms with van der Waals surface area (Å²) in [7, 11) is 1.38. The smallest absolute Gasteiger partial charge is 0.313 e. The van der Waals surface area contributed by atoms with Gasteiger partial charge >= 0.3 is 5.97 Å². The highest BCUT2D eigenvalue weighted by Crippen LogP contribution is 2.32. The number of nitrogens with zero attached hydrogens (tertiary/aromatic N) is 1. The third-order valence-electron chi connectivity index (χ3n) is 3.62. The first-order valence-corrected chi connectivity index (χ1v) is 5.99. The first-order chi connectivity index (χ1) is 8.48. The zero-order chi connectivity index (χ0) is 13.3. The largest absolute Gasteiger partial charge is 0.469 e. The van der Waals surface area contributed by atoms with Crippen LogP contribution in [-0.2, 0) is 9.53 Å². The van der Waals surface area contributed by atoms with E-state index in [0.29, 0.717) is 25.1 Å². The lowest BCUT2D eigenvalue weighted by Crippen LogP contribution is -2.35. The first kappa shape index (κ1) is 12.7. The maximum atomic E-state index is 12.3. The molecule has 5 heteroatoms. The van der Waals surface area contributed by atoms with E-state index in [1.807, 2.05) is 13.8 Å². The highest BCUT2D eigenvalue weighted by molar-refractivity contribution is 5.96. The molecular weight excluding hydrogens is 232 g/mol. The van der Waals surface area contributed by atoms with E-state index in [0.717, 1.165) is 5.69 Å². The molecule has 0 spiro atoms. The van der Waals surface area contributed by atoms with Crippen molar-refractivity contribution in [1.29, 1.82) is 0 Å². The molecule has 18 heavy (non-hydrogen) atoms. The molecule has 0 radical (unpaired) electrons. The van der Waals surface area contributed by atoms with Gasteiger partial charge in [-0.05, 0) is 26.3 Å². The van der Waals surface area contributed by atoms with Crippen LogP contribution in [-0.4, -0.2) is 42.0 Å². The summed E-state index contributed by atoms with van der Waals surface area (Å²) >= 11 is 0. The normalized spacial score (nSPS) is 23.2. The van der Waals surface area contributed by atoms with E-state index in [-0.39, 0.29) is 11.9 Å². The Morgan fingerprint density at radius 1 is 1.50 bits per heavy atom. The molecule has 1 aromatic heterocycles. The average molecular weight is 250 g/mol. The number of carbonyl (C=O) groups excluding carboxylic acids is 2. The first-order valence-electron chi connectivity index (χ1n) is 5.99. The highest BCUT2D eigenvalue weighted by Gasteiger charge is 2.43. The molecular formula is C13H18N2O3. The molecule has 1 aliphatic heterocycles. The lowest BCUT2D eigenvalue weighted by atomic mass is 9.90. The molecule has 1 N–H and O–H groups in total. The summed E-state index contributed by atoms with van der Waals surface area (Å²) in [5.41, 5.74) is 0.949. The number of carbonyl (C=O) groups is 2. The quantitative estimate of drug-likeness (QED) is 0.806. The molecule has 1 atom stereocenters. The van der Waals surface area contributed by atoms with Crippen molar-refractivity contribution in [2.24, 2.45) is 5.41 Å². The number of methoxy groups -OCH3 is 1. The molecule has 0 bridgehead atoms. The van der Waals surface area contributed by atoms with Gasteiger partial charge in [-0.15, -0.1) is 0 Å². The van der Waals surface area contributed by atoms with Crippen LogP contribution in [0.4, 0.5) is 0 Å². The van der Waals surface area contributed by atoms with E-state index in [2.05, 4.69) is 4.98 Å². The molecule has 0 aliphatic carbocycles. The van der Waals surface area contributed by atoms with Crippen LogP contribution >= 0.6 is 0 Å². The van der Waals surface area contributed by atoms with Crippen molar-refractivity contribution < 1.29 is 14.3 Å². The molecule has 2 rings (SSSR count). The van der Waals surface area contributed by atoms with Crippen LogP contribution in [0.25, 0.3) is 0 Å². The zero-order valence-electron chi connectivity index (χ0n) is 10.9. The van der Waals surface area contributed by atoms with Crippen molar-refractivity contribution in [3.05, 3.63) is 23.5 Å². The van der Waals surface area contributed by atoms with E-state index >= 15 is 0 Å². The van der Waals surface area contributed by atoms with E-state index < -0.39 is 5.41 Å². The van der Waals surface area contributed by atoms with Crippen LogP contribution in [0.5, 0.6) is 0 Å². The number of ether oxygens (including phenoxy) is 1. The summed E-state index contributed by atoms with van der Waals surface area (Å²) in [5, 5.41) is 0. The molecule has 1 amide bonds. The Labute approximate surface area is 106 Å². The molecule has 1 unspecified atom stereocenters. The number of esters is 1. The van der Waals surface area contributed by atoms with E-state index in [4.69, 9.17) is 4.74 Å². The van der Waals surface area contributed by atoms with Gasteiger partial charge in [-0.25, -0.2) is 0 Å². The number of H-pyrrole nitrogens is 1. The minimum Gasteiger partial charge on any atom is -0.469 e. The lowest BCUT2D eigenvalue weighted by Gasteiger charge is -2.21. The predicted molar refractivity (Wildman–Crippen MR) is 66.2 cm³/mol. The maximum Gasteiger partial charge on any atom is 0.313 e. The van der Waals surface area contributed by atoms with Crippen molar-refractivity contribution in [3.63, 3.8) is 0 Å². The Bertz CT molecular complexity index is 480. The van der Waals surface area contributed by atoms with Gasteiger partial charge in [0.2, 0.25) is 0 Å². The second-order valence-electron chi connectivity index (χ2n) is 5.05. The number of hydrogen-bond donors (Lipinski definition) is 1. The summed E-state index contributed by atoms with van der Waals surface area (Å²) in [6.45, 7) is 4.72. The molecule has 2 heterocycles. The van der Waals surface area contributed by atoms with E-state index in [1.165, 1.54) is 7.11 Å². The van der Waals surface area contributed by atoms with Gasteiger partial charge in [0.25, 0.3) is 5.91 Å². The second kappa shape index (κ2) is 4.48. The fourth-order valence-corrected chi connectivity index (χ4v) is 2.40. The van der Waals surface area contributed by atoms with Gasteiger partial charge in [-0.3, -0.25) is 9.59 Å². The number of nitrogens with one attached hydrogen (secondary N) is 1. The predicted octanol–water partition coefficient (Wildman–Crippen LogP) is 1.35. The van der Waals surface area contributed by atoms with Gasteiger partial charge in [-0.1, -0.05) is 0 Å². The molecule has 0 aromatic carbocycles. The van der Waals surface area contributed by atoms with Gasteiger partial charge < -0.3 is 14.6 Å². The number of likely N-dealkylation sites (tertiary alicyclic amines) is 1. The van der Waals surface area contributed by atoms with Crippen LogP contribution in [0.2, 0.25) is 0 Å². The van der Waals surface area contributed by atoms with E-state index in [9.17, 15) is 9.59 Å². The number of aromatic nitrogens is 1. The Balaban J connectivity index is 2.12. The lowest BCUT2D eigenvalue weighted by molar-refractivity contribution is -0.150. The molecule has 1 saturated heterocycles. The maximum absolute atomic E-state index is 12.3. The van der Waals surface area contributed by atoms with Crippen molar-refractivity contribution in [2.45, 2.75) is 20.3 Å². The minimum atomic E-state index is -0.575. The molecule has 98 valence electrons. The summed E-state index contributed by atoms with van der Waals surface area (Å²) in [5.74, 6) is -0.273. The molecule has 1 fully saturated rings. The SMILES string of the molecule is COC(=O)C1(C)CCN(C(=O)c2cc[nH]c2C)C1. The van der Waals surface area contributed by atoms with Crippen molar-refractivity contribution in [3.8, 4) is 0 Å². The number of hydrogen-bond acceptors (Lipinski definition) is 3. The van der Waals surface area contributed by atoms with Crippen LogP contribution in [0, 0.1) is 12.3 Å². The average Bonchev–Trinajstić information content (AvgIpc) is 2.95. The Morgan fingerprint density at radius 2 is 2.22 bits per heavy atom. The number of amides is 1. The molecule has 0 saturated carbocycles. The van der Waals surface area contributed by atoms with E-state index in [1.54, 1.807) is 17.2 Å². The van der Waals surface area contributed by atoms with Crippen LogP contribution in [0.1, 0.15) is 29.4 Å². The number of rotatable bonds is 2. The van der Waals surface area contributed by atoms with Crippen molar-refractivity contribution >= 4 is 11.9 Å². The van der Waals surface area contributed by atoms with Crippen molar-refractivity contribution in [2.75, 3.05) is 20.2 Å². The molecule has 1 aliphatic rings. The Morgan fingerprint density at radius 3 is 2.78 bits per heavy atom. The fraction of sp³-hybridized carbons (Fsp3) is 0.538. The highest BCUT2D eigenvalue weighted by atomic mass is 16.5. The molecule has 1 aromatic rings. The summed E-state index contributed by atoms with van der Waals surface area (Å²) in [4.78, 5) is 28.7. The van der Waals surface area contributed by atoms with Crippen LogP contribution < -0.4 is 0 Å². The summed E-state index contributed by atoms with van der Waals surface area (Å²) in [6, 6.07) is 1.77. The third kappa shape index (κ3) is 2.00. The Kier molecular flexibility index (Phi) is 3.15. The van der Waals surface area contributed by atoms with Gasteiger partial charge in [-0.2, -0.15) is 0 Å². The van der Waals surface area contributed by atoms with Gasteiger partial charge in [0.15, 0.2) is 0 Å². The van der Waals surface area contributed by atoms with Gasteiger partial charge in [0.05, 0.1) is 18.1 Å². The van der Waals surface area contributed by atoms with Crippen LogP contribution in [0.3, 0.4) is 0 Å². The van der Waals surface area contributed by atoms with Crippen molar-refractivity contribution in [1.82, 2.24) is 9.88 Å². The van der Waals surface area contributed by atoms with Gasteiger partial charge in [0.1, 0.15) is 0 Å². The third-order valence-corrected chi connectivity index (χ3v) is 3.62. The monoisotopic (exact) mass is 250 g/mol. The number of aromatic amines is 1. The summed E-state index contributed by atoms with van der Waals surface area (Å²) in [6.07, 6.45) is 2.40. The zero-order valence-corrected chi connectivity index (χ0v) is 10.9. The fourth-order valence-electron chi connectivity index (χ4n) is 2.40. The minimum absolute atomic E-state index is 0.0265. The summed E-state index contributed by atoms with van der Waals surface area (Å²) < 4.78 is 4.80. The van der Waals surface area contributed by atoms with Gasteiger partial charge in [0, 0.05) is 25.0 Å². The second-order valence-corrected chi connectivity index (χ2v) is 5.05. The topological polar surface area (TPSA) is 62.4 Å². The Hall–Kier alpha value is -1.78. The standard InChI is InChI=1S/C13H18N2O3/c1-9-10(4-6-14-9)11(16)15-7-5-13(2,8-15)12(17)18-3/h4,6,14H,5,7-8H2,1-3H3.